The van der Waals surface area contributed by atoms with Crippen molar-refractivity contribution in [3.63, 3.8) is 0 Å². The molecule has 0 heterocycles. The Hall–Kier alpha value is -0.860. The normalized spacial score (nSPS) is 20.4. The Bertz CT molecular complexity index is 366. The van der Waals surface area contributed by atoms with Gasteiger partial charge in [0, 0.05) is 18.1 Å². The van der Waals surface area contributed by atoms with Crippen LogP contribution in [0.4, 0.5) is 0 Å². The zero-order chi connectivity index (χ0) is 13.7. The van der Waals surface area contributed by atoms with Gasteiger partial charge in [0.1, 0.15) is 0 Å². The van der Waals surface area contributed by atoms with Crippen LogP contribution in [0.25, 0.3) is 0 Å². The van der Waals surface area contributed by atoms with Crippen molar-refractivity contribution in [2.75, 3.05) is 20.6 Å². The van der Waals surface area contributed by atoms with E-state index >= 15 is 0 Å². The van der Waals surface area contributed by atoms with Crippen molar-refractivity contribution >= 4 is 0 Å². The third-order valence-corrected chi connectivity index (χ3v) is 4.77. The fourth-order valence-electron chi connectivity index (χ4n) is 3.19. The molecule has 2 heteroatoms. The van der Waals surface area contributed by atoms with Gasteiger partial charge >= 0.3 is 0 Å². The number of hydrogen-bond donors (Lipinski definition) is 1. The van der Waals surface area contributed by atoms with E-state index in [-0.39, 0.29) is 0 Å². The molecule has 0 aromatic heterocycles. The van der Waals surface area contributed by atoms with Crippen molar-refractivity contribution < 1.29 is 0 Å². The summed E-state index contributed by atoms with van der Waals surface area (Å²) >= 11 is 0. The van der Waals surface area contributed by atoms with E-state index in [4.69, 9.17) is 0 Å². The molecule has 2 nitrogen and oxygen atoms in total. The quantitative estimate of drug-likeness (QED) is 0.870. The minimum absolute atomic E-state index is 0.362. The van der Waals surface area contributed by atoms with Gasteiger partial charge in [-0.2, -0.15) is 0 Å². The Balaban J connectivity index is 1.95. The summed E-state index contributed by atoms with van der Waals surface area (Å²) in [6, 6.07) is 11.2. The van der Waals surface area contributed by atoms with Crippen molar-refractivity contribution in [2.24, 2.45) is 0 Å². The number of rotatable bonds is 5. The number of nitrogens with one attached hydrogen (secondary N) is 1. The van der Waals surface area contributed by atoms with E-state index < -0.39 is 0 Å². The third-order valence-electron chi connectivity index (χ3n) is 4.77. The third kappa shape index (κ3) is 3.58. The largest absolute Gasteiger partial charge is 0.308 e. The monoisotopic (exact) mass is 260 g/mol. The molecule has 19 heavy (non-hydrogen) atoms. The predicted molar refractivity (Wildman–Crippen MR) is 82.4 cm³/mol. The van der Waals surface area contributed by atoms with Crippen LogP contribution in [0.15, 0.2) is 30.3 Å². The molecule has 1 aromatic rings. The molecule has 1 fully saturated rings. The lowest BCUT2D eigenvalue weighted by molar-refractivity contribution is 0.0958. The van der Waals surface area contributed by atoms with E-state index in [1.165, 1.54) is 37.7 Å². The first-order chi connectivity index (χ1) is 9.14. The lowest BCUT2D eigenvalue weighted by Gasteiger charge is -2.44. The highest BCUT2D eigenvalue weighted by molar-refractivity contribution is 5.18. The average Bonchev–Trinajstić information content (AvgIpc) is 2.46. The molecule has 0 spiro atoms. The van der Waals surface area contributed by atoms with Gasteiger partial charge in [-0.05, 0) is 39.4 Å². The summed E-state index contributed by atoms with van der Waals surface area (Å²) in [6.07, 6.45) is 6.81. The van der Waals surface area contributed by atoms with Crippen molar-refractivity contribution in [2.45, 2.75) is 50.6 Å². The topological polar surface area (TPSA) is 15.3 Å². The maximum Gasteiger partial charge on any atom is 0.0328 e. The molecule has 106 valence electrons. The van der Waals surface area contributed by atoms with Crippen LogP contribution >= 0.6 is 0 Å². The maximum absolute atomic E-state index is 3.75. The van der Waals surface area contributed by atoms with E-state index in [1.54, 1.807) is 0 Å². The predicted octanol–water partition coefficient (Wildman–Crippen LogP) is 3.60. The lowest BCUT2D eigenvalue weighted by atomic mass is 9.80. The van der Waals surface area contributed by atoms with Gasteiger partial charge < -0.3 is 10.2 Å². The maximum atomic E-state index is 3.75. The fourth-order valence-corrected chi connectivity index (χ4v) is 3.19. The summed E-state index contributed by atoms with van der Waals surface area (Å²) in [7, 11) is 4.47. The number of hydrogen-bond acceptors (Lipinski definition) is 2. The van der Waals surface area contributed by atoms with E-state index in [0.717, 1.165) is 6.54 Å². The molecule has 1 aromatic carbocycles. The smallest absolute Gasteiger partial charge is 0.0328 e. The molecule has 1 saturated carbocycles. The van der Waals surface area contributed by atoms with Crippen LogP contribution in [-0.4, -0.2) is 31.1 Å². The Morgan fingerprint density at radius 1 is 1.11 bits per heavy atom. The highest BCUT2D eigenvalue weighted by Crippen LogP contribution is 2.32. The van der Waals surface area contributed by atoms with Crippen LogP contribution in [-0.2, 0) is 0 Å². The van der Waals surface area contributed by atoms with Crippen LogP contribution in [0.5, 0.6) is 0 Å². The van der Waals surface area contributed by atoms with E-state index in [1.807, 2.05) is 0 Å². The minimum Gasteiger partial charge on any atom is -0.308 e. The van der Waals surface area contributed by atoms with Gasteiger partial charge in [-0.15, -0.1) is 0 Å². The molecule has 1 atom stereocenters. The molecule has 1 N–H and O–H groups in total. The molecule has 1 aliphatic rings. The second-order valence-corrected chi connectivity index (χ2v) is 6.19. The Morgan fingerprint density at radius 3 is 2.32 bits per heavy atom. The number of likely N-dealkylation sites (N-methyl/N-ethyl adjacent to an activating group) is 1. The van der Waals surface area contributed by atoms with Gasteiger partial charge in [0.15, 0.2) is 0 Å². The zero-order valence-electron chi connectivity index (χ0n) is 12.7. The summed E-state index contributed by atoms with van der Waals surface area (Å²) in [5, 5.41) is 3.75. The molecular formula is C17H28N2. The van der Waals surface area contributed by atoms with Crippen LogP contribution in [0.2, 0.25) is 0 Å². The van der Waals surface area contributed by atoms with Crippen LogP contribution in [0, 0.1) is 0 Å². The van der Waals surface area contributed by atoms with Crippen LogP contribution < -0.4 is 5.32 Å². The molecule has 1 unspecified atom stereocenters. The Kier molecular flexibility index (Phi) is 5.00. The van der Waals surface area contributed by atoms with Gasteiger partial charge in [-0.3, -0.25) is 0 Å². The van der Waals surface area contributed by atoms with Crippen molar-refractivity contribution in [1.82, 2.24) is 10.2 Å². The molecule has 0 radical (unpaired) electrons. The second kappa shape index (κ2) is 6.53. The summed E-state index contributed by atoms with van der Waals surface area (Å²) < 4.78 is 0. The highest BCUT2D eigenvalue weighted by atomic mass is 15.2. The molecule has 0 bridgehead atoms. The number of nitrogens with zero attached hydrogens (tertiary/aromatic N) is 1. The van der Waals surface area contributed by atoms with Crippen molar-refractivity contribution in [3.05, 3.63) is 35.9 Å². The minimum atomic E-state index is 0.362. The van der Waals surface area contributed by atoms with E-state index in [2.05, 4.69) is 61.6 Å². The summed E-state index contributed by atoms with van der Waals surface area (Å²) in [6.45, 7) is 3.36. The molecule has 2 rings (SSSR count). The van der Waals surface area contributed by atoms with E-state index in [0.29, 0.717) is 11.6 Å². The van der Waals surface area contributed by atoms with Crippen molar-refractivity contribution in [3.8, 4) is 0 Å². The van der Waals surface area contributed by atoms with Gasteiger partial charge in [0.05, 0.1) is 0 Å². The van der Waals surface area contributed by atoms with Crippen molar-refractivity contribution in [1.29, 1.82) is 0 Å². The van der Waals surface area contributed by atoms with Crippen LogP contribution in [0.3, 0.4) is 0 Å². The summed E-state index contributed by atoms with van der Waals surface area (Å²) in [5.74, 6) is 0. The lowest BCUT2D eigenvalue weighted by Crippen LogP contribution is -2.53. The highest BCUT2D eigenvalue weighted by Gasteiger charge is 2.34. The van der Waals surface area contributed by atoms with E-state index in [9.17, 15) is 0 Å². The second-order valence-electron chi connectivity index (χ2n) is 6.19. The Labute approximate surface area is 118 Å². The first kappa shape index (κ1) is 14.5. The van der Waals surface area contributed by atoms with Crippen LogP contribution in [0.1, 0.15) is 50.6 Å². The zero-order valence-corrected chi connectivity index (χ0v) is 12.7. The molecule has 1 aliphatic carbocycles. The first-order valence-electron chi connectivity index (χ1n) is 7.60. The summed E-state index contributed by atoms with van der Waals surface area (Å²) in [4.78, 5) is 2.44. The van der Waals surface area contributed by atoms with Gasteiger partial charge in [-0.25, -0.2) is 0 Å². The van der Waals surface area contributed by atoms with Gasteiger partial charge in [0.2, 0.25) is 0 Å². The molecule has 0 amide bonds. The molecule has 0 aliphatic heterocycles. The fraction of sp³-hybridized carbons (Fsp3) is 0.647. The first-order valence-corrected chi connectivity index (χ1v) is 7.60. The standard InChI is InChI=1S/C17H28N2/c1-15(16-10-6-4-7-11-16)18-14-17(19(2)3)12-8-5-9-13-17/h4,6-7,10-11,15,18H,5,8-9,12-14H2,1-3H3. The van der Waals surface area contributed by atoms with Gasteiger partial charge in [0.25, 0.3) is 0 Å². The SMILES string of the molecule is CC(NCC1(N(C)C)CCCCC1)c1ccccc1. The van der Waals surface area contributed by atoms with Gasteiger partial charge in [-0.1, -0.05) is 49.6 Å². The number of benzene rings is 1. The Morgan fingerprint density at radius 2 is 1.74 bits per heavy atom. The molecule has 0 saturated heterocycles. The summed E-state index contributed by atoms with van der Waals surface area (Å²) in [5.41, 5.74) is 1.74. The average molecular weight is 260 g/mol. The molecular weight excluding hydrogens is 232 g/mol.